The first-order valence-electron chi connectivity index (χ1n) is 6.50. The summed E-state index contributed by atoms with van der Waals surface area (Å²) in [6.07, 6.45) is 0.428. The Morgan fingerprint density at radius 1 is 1.00 bits per heavy atom. The molecule has 0 aliphatic heterocycles. The Morgan fingerprint density at radius 3 is 1.86 bits per heavy atom. The monoisotopic (exact) mass is 323 g/mol. The van der Waals surface area contributed by atoms with Crippen molar-refractivity contribution >= 4 is 20.7 Å². The van der Waals surface area contributed by atoms with Crippen LogP contribution in [-0.2, 0) is 32.3 Å². The lowest BCUT2D eigenvalue weighted by atomic mass is 10.2. The zero-order valence-corrected chi connectivity index (χ0v) is 14.4. The molecule has 0 bridgehead atoms. The SMILES string of the molecule is CCC(NC(CC(=O)OC)C(=O)OC)[Si](OC)(OC)OC. The molecule has 0 aromatic rings. The van der Waals surface area contributed by atoms with Gasteiger partial charge in [0.2, 0.25) is 0 Å². The Hall–Kier alpha value is -1.00. The second-order valence-electron chi connectivity index (χ2n) is 4.20. The van der Waals surface area contributed by atoms with E-state index in [2.05, 4.69) is 10.1 Å². The van der Waals surface area contributed by atoms with Crippen LogP contribution in [0.4, 0.5) is 0 Å². The molecule has 0 aliphatic carbocycles. The Kier molecular flexibility index (Phi) is 9.38. The van der Waals surface area contributed by atoms with Crippen LogP contribution in [0, 0.1) is 0 Å². The van der Waals surface area contributed by atoms with Crippen molar-refractivity contribution in [1.82, 2.24) is 5.32 Å². The molecule has 0 heterocycles. The summed E-state index contributed by atoms with van der Waals surface area (Å²) >= 11 is 0. The van der Waals surface area contributed by atoms with Crippen molar-refractivity contribution in [3.63, 3.8) is 0 Å². The fourth-order valence-corrected chi connectivity index (χ4v) is 4.25. The number of hydrogen-bond donors (Lipinski definition) is 1. The summed E-state index contributed by atoms with van der Waals surface area (Å²) < 4.78 is 25.5. The summed E-state index contributed by atoms with van der Waals surface area (Å²) in [5.41, 5.74) is -0.369. The molecule has 2 atom stereocenters. The molecule has 9 heteroatoms. The predicted molar refractivity (Wildman–Crippen MR) is 76.4 cm³/mol. The van der Waals surface area contributed by atoms with Gasteiger partial charge in [-0.2, -0.15) is 0 Å². The fourth-order valence-electron chi connectivity index (χ4n) is 1.99. The van der Waals surface area contributed by atoms with E-state index in [0.717, 1.165) is 0 Å². The van der Waals surface area contributed by atoms with Crippen molar-refractivity contribution in [3.8, 4) is 0 Å². The minimum Gasteiger partial charge on any atom is -0.469 e. The lowest BCUT2D eigenvalue weighted by Gasteiger charge is -2.34. The van der Waals surface area contributed by atoms with E-state index in [-0.39, 0.29) is 12.1 Å². The van der Waals surface area contributed by atoms with Crippen molar-refractivity contribution < 1.29 is 32.3 Å². The van der Waals surface area contributed by atoms with Crippen molar-refractivity contribution in [2.24, 2.45) is 0 Å². The molecule has 124 valence electrons. The topological polar surface area (TPSA) is 92.3 Å². The van der Waals surface area contributed by atoms with E-state index < -0.39 is 26.8 Å². The zero-order valence-electron chi connectivity index (χ0n) is 13.4. The van der Waals surface area contributed by atoms with E-state index in [1.807, 2.05) is 6.92 Å². The predicted octanol–water partition coefficient (Wildman–Crippen LogP) is -0.123. The third-order valence-electron chi connectivity index (χ3n) is 3.18. The van der Waals surface area contributed by atoms with Crippen molar-refractivity contribution in [2.75, 3.05) is 35.5 Å². The van der Waals surface area contributed by atoms with Crippen LogP contribution in [0.15, 0.2) is 0 Å². The molecular formula is C12H25NO7Si. The van der Waals surface area contributed by atoms with Gasteiger partial charge in [-0.25, -0.2) is 0 Å². The first-order chi connectivity index (χ1) is 9.94. The van der Waals surface area contributed by atoms with Crippen LogP contribution >= 0.6 is 0 Å². The molecular weight excluding hydrogens is 298 g/mol. The van der Waals surface area contributed by atoms with Crippen LogP contribution in [0.3, 0.4) is 0 Å². The number of hydrogen-bond acceptors (Lipinski definition) is 8. The van der Waals surface area contributed by atoms with Gasteiger partial charge in [0.05, 0.1) is 26.3 Å². The maximum absolute atomic E-state index is 11.8. The van der Waals surface area contributed by atoms with Gasteiger partial charge >= 0.3 is 20.7 Å². The molecule has 0 aromatic carbocycles. The normalized spacial score (nSPS) is 14.4. The molecule has 21 heavy (non-hydrogen) atoms. The molecule has 0 saturated carbocycles. The van der Waals surface area contributed by atoms with Crippen molar-refractivity contribution in [1.29, 1.82) is 0 Å². The van der Waals surface area contributed by atoms with Crippen molar-refractivity contribution in [3.05, 3.63) is 0 Å². The lowest BCUT2D eigenvalue weighted by molar-refractivity contribution is -0.149. The molecule has 0 saturated heterocycles. The smallest absolute Gasteiger partial charge is 0.469 e. The number of nitrogens with one attached hydrogen (secondary N) is 1. The molecule has 0 fully saturated rings. The van der Waals surface area contributed by atoms with Gasteiger partial charge in [-0.15, -0.1) is 0 Å². The summed E-state index contributed by atoms with van der Waals surface area (Å²) in [5.74, 6) is -1.09. The van der Waals surface area contributed by atoms with Gasteiger partial charge in [-0.05, 0) is 6.42 Å². The molecule has 1 N–H and O–H groups in total. The number of carbonyl (C=O) groups excluding carboxylic acids is 2. The molecule has 0 rings (SSSR count). The third-order valence-corrected chi connectivity index (χ3v) is 6.31. The number of ether oxygens (including phenoxy) is 2. The van der Waals surface area contributed by atoms with Gasteiger partial charge in [0.15, 0.2) is 0 Å². The molecule has 0 amide bonds. The first kappa shape index (κ1) is 20.0. The Bertz CT molecular complexity index is 327. The van der Waals surface area contributed by atoms with E-state index in [0.29, 0.717) is 6.42 Å². The molecule has 8 nitrogen and oxygen atoms in total. The number of esters is 2. The van der Waals surface area contributed by atoms with Gasteiger partial charge in [0.25, 0.3) is 0 Å². The van der Waals surface area contributed by atoms with E-state index in [9.17, 15) is 9.59 Å². The summed E-state index contributed by atoms with van der Waals surface area (Å²) in [6, 6.07) is -0.861. The highest BCUT2D eigenvalue weighted by Crippen LogP contribution is 2.16. The number of carbonyl (C=O) groups is 2. The molecule has 0 spiro atoms. The van der Waals surface area contributed by atoms with Crippen LogP contribution in [-0.4, -0.2) is 68.0 Å². The fraction of sp³-hybridized carbons (Fsp3) is 0.833. The second kappa shape index (κ2) is 9.85. The molecule has 2 unspecified atom stereocenters. The summed E-state index contributed by atoms with van der Waals surface area (Å²) in [5, 5.41) is 3.02. The number of rotatable bonds is 10. The van der Waals surface area contributed by atoms with Gasteiger partial charge in [0, 0.05) is 21.3 Å². The van der Waals surface area contributed by atoms with E-state index in [1.165, 1.54) is 35.5 Å². The Labute approximate surface area is 126 Å². The van der Waals surface area contributed by atoms with E-state index >= 15 is 0 Å². The highest BCUT2D eigenvalue weighted by Gasteiger charge is 2.48. The average molecular weight is 323 g/mol. The second-order valence-corrected chi connectivity index (χ2v) is 7.33. The highest BCUT2D eigenvalue weighted by molar-refractivity contribution is 6.62. The standard InChI is InChI=1S/C12H25NO7Si/c1-7-10(21(18-4,19-5)20-6)13-9(12(15)17-3)8-11(14)16-2/h9-10,13H,7-8H2,1-6H3. The average Bonchev–Trinajstić information content (AvgIpc) is 2.53. The highest BCUT2D eigenvalue weighted by atomic mass is 28.4. The van der Waals surface area contributed by atoms with Crippen LogP contribution in [0.5, 0.6) is 0 Å². The zero-order chi connectivity index (χ0) is 16.5. The number of methoxy groups -OCH3 is 2. The van der Waals surface area contributed by atoms with Crippen LogP contribution in [0.1, 0.15) is 19.8 Å². The summed E-state index contributed by atoms with van der Waals surface area (Å²) in [4.78, 5) is 23.2. The van der Waals surface area contributed by atoms with E-state index in [4.69, 9.17) is 18.0 Å². The van der Waals surface area contributed by atoms with Crippen molar-refractivity contribution in [2.45, 2.75) is 31.5 Å². The lowest BCUT2D eigenvalue weighted by Crippen LogP contribution is -2.63. The summed E-state index contributed by atoms with van der Waals surface area (Å²) in [7, 11) is 3.96. The molecule has 0 aromatic heterocycles. The molecule has 0 aliphatic rings. The maximum Gasteiger partial charge on any atom is 0.518 e. The van der Waals surface area contributed by atoms with Crippen LogP contribution in [0.2, 0.25) is 0 Å². The Morgan fingerprint density at radius 2 is 1.52 bits per heavy atom. The minimum atomic E-state index is -3.00. The van der Waals surface area contributed by atoms with Gasteiger partial charge < -0.3 is 22.8 Å². The van der Waals surface area contributed by atoms with Gasteiger partial charge in [0.1, 0.15) is 6.04 Å². The largest absolute Gasteiger partial charge is 0.518 e. The van der Waals surface area contributed by atoms with Crippen LogP contribution < -0.4 is 5.32 Å². The quantitative estimate of drug-likeness (QED) is 0.439. The molecule has 0 radical (unpaired) electrons. The van der Waals surface area contributed by atoms with E-state index in [1.54, 1.807) is 0 Å². The maximum atomic E-state index is 11.8. The van der Waals surface area contributed by atoms with Crippen LogP contribution in [0.25, 0.3) is 0 Å². The van der Waals surface area contributed by atoms with Gasteiger partial charge in [-0.3, -0.25) is 14.9 Å². The first-order valence-corrected chi connectivity index (χ1v) is 8.30. The summed E-state index contributed by atoms with van der Waals surface area (Å²) in [6.45, 7) is 1.89. The van der Waals surface area contributed by atoms with Gasteiger partial charge in [-0.1, -0.05) is 6.92 Å². The third kappa shape index (κ3) is 5.36. The minimum absolute atomic E-state index is 0.151. The Balaban J connectivity index is 5.16.